The van der Waals surface area contributed by atoms with Gasteiger partial charge in [0.05, 0.1) is 16.8 Å². The van der Waals surface area contributed by atoms with E-state index >= 15 is 0 Å². The number of H-pyrrole nitrogens is 1. The van der Waals surface area contributed by atoms with Gasteiger partial charge in [0.1, 0.15) is 21.2 Å². The van der Waals surface area contributed by atoms with Gasteiger partial charge in [0, 0.05) is 19.6 Å². The Morgan fingerprint density at radius 2 is 1.94 bits per heavy atom. The molecule has 4 heterocycles. The second kappa shape index (κ2) is 8.50. The van der Waals surface area contributed by atoms with E-state index in [9.17, 15) is 18.0 Å². The first-order chi connectivity index (χ1) is 15.1. The zero-order valence-electron chi connectivity index (χ0n) is 18.4. The van der Waals surface area contributed by atoms with Gasteiger partial charge in [-0.05, 0) is 46.2 Å². The molecule has 0 atom stereocenters. The first-order valence-electron chi connectivity index (χ1n) is 10.3. The van der Waals surface area contributed by atoms with Crippen molar-refractivity contribution in [2.45, 2.75) is 45.6 Å². The number of sulfonamides is 1. The molecule has 10 nitrogen and oxygen atoms in total. The van der Waals surface area contributed by atoms with E-state index in [1.807, 2.05) is 0 Å². The summed E-state index contributed by atoms with van der Waals surface area (Å²) < 4.78 is 32.7. The van der Waals surface area contributed by atoms with Crippen LogP contribution < -0.4 is 5.56 Å². The number of Topliss-reactive ketones (excluding diaryl/α,β-unsaturated/α-hetero) is 1. The van der Waals surface area contributed by atoms with E-state index < -0.39 is 10.0 Å². The molecule has 0 aromatic carbocycles. The second-order valence-corrected chi connectivity index (χ2v) is 10.9. The summed E-state index contributed by atoms with van der Waals surface area (Å²) in [6.07, 6.45) is 0.641. The molecule has 0 bridgehead atoms. The van der Waals surface area contributed by atoms with Crippen LogP contribution in [0.3, 0.4) is 0 Å². The molecule has 1 fully saturated rings. The molecule has 1 N–H and O–H groups in total. The molecule has 172 valence electrons. The summed E-state index contributed by atoms with van der Waals surface area (Å²) in [5.74, 6) is 0.703. The maximum atomic E-state index is 13.1. The minimum atomic E-state index is -3.70. The quantitative estimate of drug-likeness (QED) is 0.550. The van der Waals surface area contributed by atoms with E-state index in [0.29, 0.717) is 71.3 Å². The van der Waals surface area contributed by atoms with Crippen molar-refractivity contribution in [2.75, 3.05) is 26.2 Å². The number of hydrogen-bond donors (Lipinski definition) is 1. The van der Waals surface area contributed by atoms with Crippen LogP contribution in [0.15, 0.2) is 14.2 Å². The fourth-order valence-electron chi connectivity index (χ4n) is 4.13. The molecule has 1 aliphatic rings. The Kier molecular flexibility index (Phi) is 6.05. The fourth-order valence-corrected chi connectivity index (χ4v) is 6.99. The molecule has 0 radical (unpaired) electrons. The van der Waals surface area contributed by atoms with Crippen molar-refractivity contribution in [3.05, 3.63) is 38.1 Å². The molecule has 1 saturated heterocycles. The van der Waals surface area contributed by atoms with Gasteiger partial charge in [0.25, 0.3) is 5.56 Å². The first-order valence-corrected chi connectivity index (χ1v) is 12.5. The SMILES string of the molecule is CC(=O)c1sc2nc(CN3CCCN(S(=O)(=O)c4c(C)noc4C)CC3)[nH]c(=O)c2c1C. The van der Waals surface area contributed by atoms with E-state index in [4.69, 9.17) is 4.52 Å². The summed E-state index contributed by atoms with van der Waals surface area (Å²) in [5.41, 5.74) is 0.756. The van der Waals surface area contributed by atoms with Crippen LogP contribution in [0, 0.1) is 20.8 Å². The van der Waals surface area contributed by atoms with Crippen LogP contribution in [0.4, 0.5) is 0 Å². The van der Waals surface area contributed by atoms with Gasteiger partial charge in [-0.1, -0.05) is 5.16 Å². The van der Waals surface area contributed by atoms with Crippen molar-refractivity contribution in [2.24, 2.45) is 0 Å². The molecular weight excluding hydrogens is 454 g/mol. The maximum absolute atomic E-state index is 13.1. The van der Waals surface area contributed by atoms with Gasteiger partial charge >= 0.3 is 0 Å². The number of fused-ring (bicyclic) bond motifs is 1. The lowest BCUT2D eigenvalue weighted by molar-refractivity contribution is 0.102. The number of aromatic amines is 1. The molecule has 0 unspecified atom stereocenters. The Morgan fingerprint density at radius 1 is 1.19 bits per heavy atom. The average Bonchev–Trinajstić information content (AvgIpc) is 3.11. The number of rotatable bonds is 5. The number of carbonyl (C=O) groups excluding carboxylic acids is 1. The summed E-state index contributed by atoms with van der Waals surface area (Å²) in [7, 11) is -3.70. The zero-order valence-corrected chi connectivity index (χ0v) is 20.0. The topological polar surface area (TPSA) is 129 Å². The third kappa shape index (κ3) is 4.03. The first kappa shape index (κ1) is 22.8. The van der Waals surface area contributed by atoms with Crippen LogP contribution in [-0.4, -0.2) is 64.7 Å². The van der Waals surface area contributed by atoms with Crippen molar-refractivity contribution in [1.29, 1.82) is 0 Å². The second-order valence-electron chi connectivity index (χ2n) is 7.99. The van der Waals surface area contributed by atoms with Gasteiger partial charge in [-0.15, -0.1) is 11.3 Å². The Labute approximate surface area is 189 Å². The standard InChI is InChI=1S/C20H25N5O5S2/c1-11-16-19(27)21-15(22-20(16)31-17(11)13(3)26)10-24-6-5-7-25(9-8-24)32(28,29)18-12(2)23-30-14(18)4/h5-10H2,1-4H3,(H,21,22,27). The highest BCUT2D eigenvalue weighted by atomic mass is 32.2. The Morgan fingerprint density at radius 3 is 2.59 bits per heavy atom. The minimum Gasteiger partial charge on any atom is -0.360 e. The summed E-state index contributed by atoms with van der Waals surface area (Å²) >= 11 is 1.23. The predicted molar refractivity (Wildman–Crippen MR) is 120 cm³/mol. The highest BCUT2D eigenvalue weighted by Crippen LogP contribution is 2.28. The highest BCUT2D eigenvalue weighted by molar-refractivity contribution is 7.89. The lowest BCUT2D eigenvalue weighted by Crippen LogP contribution is -2.35. The highest BCUT2D eigenvalue weighted by Gasteiger charge is 2.32. The Hall–Kier alpha value is -2.41. The van der Waals surface area contributed by atoms with Crippen molar-refractivity contribution in [3.63, 3.8) is 0 Å². The average molecular weight is 480 g/mol. The van der Waals surface area contributed by atoms with Gasteiger partial charge in [-0.25, -0.2) is 13.4 Å². The Balaban J connectivity index is 1.53. The molecule has 3 aromatic rings. The fraction of sp³-hybridized carbons (Fsp3) is 0.500. The number of aromatic nitrogens is 3. The molecule has 0 saturated carbocycles. The van der Waals surface area contributed by atoms with Crippen LogP contribution >= 0.6 is 11.3 Å². The summed E-state index contributed by atoms with van der Waals surface area (Å²) in [5, 5.41) is 4.23. The van der Waals surface area contributed by atoms with Crippen molar-refractivity contribution >= 4 is 37.4 Å². The number of ketones is 1. The number of thiophene rings is 1. The predicted octanol–water partition coefficient (Wildman–Crippen LogP) is 2.00. The van der Waals surface area contributed by atoms with Crippen molar-refractivity contribution in [1.82, 2.24) is 24.3 Å². The monoisotopic (exact) mass is 479 g/mol. The lowest BCUT2D eigenvalue weighted by atomic mass is 10.2. The third-order valence-electron chi connectivity index (χ3n) is 5.66. The molecule has 4 rings (SSSR count). The summed E-state index contributed by atoms with van der Waals surface area (Å²) in [6, 6.07) is 0. The molecule has 32 heavy (non-hydrogen) atoms. The molecule has 0 amide bonds. The third-order valence-corrected chi connectivity index (χ3v) is 9.09. The van der Waals surface area contributed by atoms with E-state index in [1.54, 1.807) is 20.8 Å². The van der Waals surface area contributed by atoms with Crippen molar-refractivity contribution in [3.8, 4) is 0 Å². The number of aryl methyl sites for hydroxylation is 3. The number of nitrogens with zero attached hydrogens (tertiary/aromatic N) is 4. The van der Waals surface area contributed by atoms with E-state index in [-0.39, 0.29) is 22.0 Å². The zero-order chi connectivity index (χ0) is 23.2. The number of nitrogens with one attached hydrogen (secondary N) is 1. The van der Waals surface area contributed by atoms with Gasteiger partial charge in [0.15, 0.2) is 11.5 Å². The molecule has 1 aliphatic heterocycles. The minimum absolute atomic E-state index is 0.0847. The smallest absolute Gasteiger partial charge is 0.259 e. The van der Waals surface area contributed by atoms with Gasteiger partial charge < -0.3 is 9.51 Å². The number of hydrogen-bond acceptors (Lipinski definition) is 9. The summed E-state index contributed by atoms with van der Waals surface area (Å²) in [6.45, 7) is 8.69. The molecule has 3 aromatic heterocycles. The molecular formula is C20H25N5O5S2. The molecule has 0 spiro atoms. The van der Waals surface area contributed by atoms with E-state index in [1.165, 1.54) is 22.6 Å². The van der Waals surface area contributed by atoms with Crippen molar-refractivity contribution < 1.29 is 17.7 Å². The summed E-state index contributed by atoms with van der Waals surface area (Å²) in [4.78, 5) is 35.1. The largest absolute Gasteiger partial charge is 0.360 e. The molecule has 0 aliphatic carbocycles. The lowest BCUT2D eigenvalue weighted by Gasteiger charge is -2.21. The van der Waals surface area contributed by atoms with Gasteiger partial charge in [-0.2, -0.15) is 4.31 Å². The van der Waals surface area contributed by atoms with Gasteiger partial charge in [-0.3, -0.25) is 14.5 Å². The maximum Gasteiger partial charge on any atom is 0.259 e. The van der Waals surface area contributed by atoms with E-state index in [2.05, 4.69) is 20.0 Å². The van der Waals surface area contributed by atoms with Gasteiger partial charge in [0.2, 0.25) is 10.0 Å². The van der Waals surface area contributed by atoms with Crippen LogP contribution in [0.2, 0.25) is 0 Å². The van der Waals surface area contributed by atoms with E-state index in [0.717, 1.165) is 0 Å². The normalized spacial score (nSPS) is 16.5. The van der Waals surface area contributed by atoms with Crippen LogP contribution in [0.1, 0.15) is 45.9 Å². The molecule has 12 heteroatoms. The number of carbonyl (C=O) groups is 1. The Bertz CT molecular complexity index is 1340. The van der Waals surface area contributed by atoms with Crippen LogP contribution in [0.25, 0.3) is 10.2 Å². The van der Waals surface area contributed by atoms with Crippen LogP contribution in [-0.2, 0) is 16.6 Å². The van der Waals surface area contributed by atoms with Crippen LogP contribution in [0.5, 0.6) is 0 Å².